The van der Waals surface area contributed by atoms with Crippen molar-refractivity contribution in [2.75, 3.05) is 20.2 Å². The zero-order valence-electron chi connectivity index (χ0n) is 14.4. The van der Waals surface area contributed by atoms with Crippen LogP contribution in [0.15, 0.2) is 24.6 Å². The first-order valence-electron chi connectivity index (χ1n) is 8.60. The van der Waals surface area contributed by atoms with Crippen LogP contribution in [-0.4, -0.2) is 49.2 Å². The fourth-order valence-electron chi connectivity index (χ4n) is 3.89. The Labute approximate surface area is 150 Å². The molecule has 7 nitrogen and oxygen atoms in total. The highest BCUT2D eigenvalue weighted by molar-refractivity contribution is 7.15. The van der Waals surface area contributed by atoms with Crippen LogP contribution in [-0.2, 0) is 9.47 Å². The molecule has 5 rings (SSSR count). The molecule has 2 N–H and O–H groups in total. The van der Waals surface area contributed by atoms with Crippen molar-refractivity contribution in [3.63, 3.8) is 0 Å². The Kier molecular flexibility index (Phi) is 4.35. The van der Waals surface area contributed by atoms with Gasteiger partial charge in [-0.2, -0.15) is 0 Å². The molecule has 3 saturated heterocycles. The lowest BCUT2D eigenvalue weighted by Crippen LogP contribution is -2.62. The maximum atomic E-state index is 12.7. The Morgan fingerprint density at radius 1 is 1.44 bits per heavy atom. The van der Waals surface area contributed by atoms with Gasteiger partial charge in [-0.25, -0.2) is 0 Å². The maximum absolute atomic E-state index is 12.7. The lowest BCUT2D eigenvalue weighted by molar-refractivity contribution is -0.311. The van der Waals surface area contributed by atoms with E-state index in [1.165, 1.54) is 37.6 Å². The average Bonchev–Trinajstić information content (AvgIpc) is 3.29. The van der Waals surface area contributed by atoms with Crippen LogP contribution in [0.2, 0.25) is 0 Å². The summed E-state index contributed by atoms with van der Waals surface area (Å²) >= 11 is 1.28. The molecule has 8 heteroatoms. The van der Waals surface area contributed by atoms with Crippen molar-refractivity contribution >= 4 is 17.2 Å². The van der Waals surface area contributed by atoms with Crippen molar-refractivity contribution in [2.24, 2.45) is 5.92 Å². The van der Waals surface area contributed by atoms with Gasteiger partial charge in [0.25, 0.3) is 5.91 Å². The minimum Gasteiger partial charge on any atom is -0.419 e. The number of nitrogens with one attached hydrogen (secondary N) is 2. The molecule has 4 aliphatic heterocycles. The molecule has 1 aromatic rings. The van der Waals surface area contributed by atoms with E-state index < -0.39 is 6.10 Å². The average molecular weight is 365 g/mol. The van der Waals surface area contributed by atoms with Gasteiger partial charge in [0, 0.05) is 25.4 Å². The topological polar surface area (TPSA) is 72.1 Å². The van der Waals surface area contributed by atoms with Gasteiger partial charge in [-0.3, -0.25) is 19.7 Å². The number of carbonyl (C=O) groups excluding carboxylic acids is 1. The van der Waals surface area contributed by atoms with Gasteiger partial charge in [0.05, 0.1) is 4.88 Å². The van der Waals surface area contributed by atoms with E-state index in [4.69, 9.17) is 14.2 Å². The van der Waals surface area contributed by atoms with Gasteiger partial charge in [-0.05, 0) is 50.9 Å². The minimum absolute atomic E-state index is 0.0460. The number of amides is 1. The smallest absolute Gasteiger partial charge is 0.419 e. The van der Waals surface area contributed by atoms with Gasteiger partial charge in [-0.15, -0.1) is 0 Å². The van der Waals surface area contributed by atoms with E-state index in [0.29, 0.717) is 21.9 Å². The second-order valence-corrected chi connectivity index (χ2v) is 7.71. The Balaban J connectivity index is 1.41. The molecule has 0 aromatic carbocycles. The van der Waals surface area contributed by atoms with Crippen molar-refractivity contribution in [1.29, 1.82) is 0 Å². The molecule has 1 aromatic heterocycles. The summed E-state index contributed by atoms with van der Waals surface area (Å²) in [5.41, 5.74) is 0. The number of piperidine rings is 3. The van der Waals surface area contributed by atoms with Gasteiger partial charge in [0.2, 0.25) is 0 Å². The molecule has 5 heterocycles. The third-order valence-corrected chi connectivity index (χ3v) is 6.30. The predicted molar refractivity (Wildman–Crippen MR) is 93.1 cm³/mol. The molecule has 0 aliphatic carbocycles. The number of hydrogen-bond donors (Lipinski definition) is 2. The summed E-state index contributed by atoms with van der Waals surface area (Å²) in [7, 11) is 1.48. The number of thiophene rings is 1. The molecule has 1 unspecified atom stereocenters. The Morgan fingerprint density at radius 3 is 2.88 bits per heavy atom. The van der Waals surface area contributed by atoms with E-state index in [-0.39, 0.29) is 11.9 Å². The summed E-state index contributed by atoms with van der Waals surface area (Å²) in [5.74, 6) is 0.536. The predicted octanol–water partition coefficient (Wildman–Crippen LogP) is 1.69. The van der Waals surface area contributed by atoms with Crippen LogP contribution in [0.1, 0.15) is 29.4 Å². The van der Waals surface area contributed by atoms with Gasteiger partial charge in [0.15, 0.2) is 5.06 Å². The standard InChI is InChI=1S/C17H23N3O4S/c1-11-15(12-5-8-20(11)9-6-12)19-16(21)13-3-4-14(25-13)24-17(22-2)18-7-10-23-17/h3-4,7,10-12,15,18H,5-6,8-9H2,1-2H3,(H,19,21)/t11-,15+,17?/m1/s1. The van der Waals surface area contributed by atoms with Crippen molar-refractivity contribution in [1.82, 2.24) is 15.5 Å². The van der Waals surface area contributed by atoms with E-state index in [2.05, 4.69) is 22.5 Å². The quantitative estimate of drug-likeness (QED) is 0.774. The molecule has 0 saturated carbocycles. The van der Waals surface area contributed by atoms with Crippen LogP contribution in [0.4, 0.5) is 0 Å². The molecule has 0 spiro atoms. The maximum Gasteiger partial charge on any atom is 0.468 e. The Bertz CT molecular complexity index is 659. The molecule has 136 valence electrons. The molecule has 1 amide bonds. The first-order valence-corrected chi connectivity index (χ1v) is 9.41. The molecule has 3 fully saturated rings. The fourth-order valence-corrected chi connectivity index (χ4v) is 4.69. The summed E-state index contributed by atoms with van der Waals surface area (Å²) < 4.78 is 16.2. The van der Waals surface area contributed by atoms with Crippen molar-refractivity contribution < 1.29 is 19.0 Å². The third kappa shape index (κ3) is 3.09. The normalized spacial score (nSPS) is 35.9. The lowest BCUT2D eigenvalue weighted by Gasteiger charge is -2.49. The van der Waals surface area contributed by atoms with E-state index in [9.17, 15) is 4.79 Å². The molecule has 0 radical (unpaired) electrons. The highest BCUT2D eigenvalue weighted by atomic mass is 32.1. The number of hydrogen-bond acceptors (Lipinski definition) is 7. The SMILES string of the molecule is COC1(Oc2ccc(C(=O)N[C@@H]3C4CCN(CC4)[C@@H]3C)s2)NC=CO1. The van der Waals surface area contributed by atoms with Crippen LogP contribution < -0.4 is 15.4 Å². The van der Waals surface area contributed by atoms with Crippen molar-refractivity contribution in [3.05, 3.63) is 29.5 Å². The van der Waals surface area contributed by atoms with Crippen LogP contribution in [0.25, 0.3) is 0 Å². The number of fused-ring (bicyclic) bond motifs is 3. The van der Waals surface area contributed by atoms with Crippen molar-refractivity contribution in [2.45, 2.75) is 37.9 Å². The second kappa shape index (κ2) is 6.51. The summed E-state index contributed by atoms with van der Waals surface area (Å²) in [5, 5.41) is 6.63. The third-order valence-electron chi connectivity index (χ3n) is 5.34. The summed E-state index contributed by atoms with van der Waals surface area (Å²) in [4.78, 5) is 15.8. The second-order valence-electron chi connectivity index (χ2n) is 6.66. The van der Waals surface area contributed by atoms with Gasteiger partial charge >= 0.3 is 6.10 Å². The van der Waals surface area contributed by atoms with E-state index in [1.54, 1.807) is 18.3 Å². The van der Waals surface area contributed by atoms with E-state index in [0.717, 1.165) is 13.1 Å². The monoisotopic (exact) mass is 365 g/mol. The summed E-state index contributed by atoms with van der Waals surface area (Å²) in [6.07, 6.45) is 4.03. The Morgan fingerprint density at radius 2 is 2.24 bits per heavy atom. The zero-order valence-corrected chi connectivity index (χ0v) is 15.2. The molecule has 2 bridgehead atoms. The van der Waals surface area contributed by atoms with Crippen LogP contribution in [0.5, 0.6) is 5.06 Å². The molecule has 3 atom stereocenters. The molecular formula is C17H23N3O4S. The summed E-state index contributed by atoms with van der Waals surface area (Å²) in [6, 6.07) is 4.14. The minimum atomic E-state index is -1.36. The molecule has 4 aliphatic rings. The number of nitrogens with zero attached hydrogens (tertiary/aromatic N) is 1. The number of ether oxygens (including phenoxy) is 3. The Hall–Kier alpha value is -1.77. The van der Waals surface area contributed by atoms with Gasteiger partial charge in [-0.1, -0.05) is 11.3 Å². The van der Waals surface area contributed by atoms with E-state index >= 15 is 0 Å². The number of methoxy groups -OCH3 is 1. The highest BCUT2D eigenvalue weighted by Gasteiger charge is 2.41. The van der Waals surface area contributed by atoms with E-state index in [1.807, 2.05) is 0 Å². The first-order chi connectivity index (χ1) is 12.1. The lowest BCUT2D eigenvalue weighted by atomic mass is 9.79. The van der Waals surface area contributed by atoms with Crippen LogP contribution in [0.3, 0.4) is 0 Å². The zero-order chi connectivity index (χ0) is 17.4. The first kappa shape index (κ1) is 16.7. The van der Waals surface area contributed by atoms with Gasteiger partial charge in [0.1, 0.15) is 6.26 Å². The fraction of sp³-hybridized carbons (Fsp3) is 0.588. The van der Waals surface area contributed by atoms with Crippen LogP contribution >= 0.6 is 11.3 Å². The molecule has 25 heavy (non-hydrogen) atoms. The highest BCUT2D eigenvalue weighted by Crippen LogP contribution is 2.33. The number of rotatable bonds is 5. The largest absolute Gasteiger partial charge is 0.468 e. The summed E-state index contributed by atoms with van der Waals surface area (Å²) in [6.45, 7) is 4.50. The van der Waals surface area contributed by atoms with Crippen molar-refractivity contribution in [3.8, 4) is 5.06 Å². The van der Waals surface area contributed by atoms with Gasteiger partial charge < -0.3 is 14.8 Å². The van der Waals surface area contributed by atoms with Crippen LogP contribution in [0, 0.1) is 5.92 Å². The number of carbonyl (C=O) groups is 1. The molecular weight excluding hydrogens is 342 g/mol.